The van der Waals surface area contributed by atoms with Gasteiger partial charge >= 0.3 is 0 Å². The van der Waals surface area contributed by atoms with Gasteiger partial charge in [0, 0.05) is 17.8 Å². The summed E-state index contributed by atoms with van der Waals surface area (Å²) in [6.07, 6.45) is 0.600. The third kappa shape index (κ3) is 4.82. The zero-order valence-electron chi connectivity index (χ0n) is 18.5. The van der Waals surface area contributed by atoms with E-state index >= 15 is 0 Å². The van der Waals surface area contributed by atoms with E-state index in [9.17, 15) is 14.0 Å². The normalized spacial score (nSPS) is 18.0. The predicted molar refractivity (Wildman–Crippen MR) is 124 cm³/mol. The summed E-state index contributed by atoms with van der Waals surface area (Å²) in [4.78, 5) is 28.1. The number of hydrogen-bond acceptors (Lipinski definition) is 4. The monoisotopic (exact) mass is 448 g/mol. The second-order valence-electron chi connectivity index (χ2n) is 7.82. The lowest BCUT2D eigenvalue weighted by atomic mass is 9.83. The van der Waals surface area contributed by atoms with E-state index in [-0.39, 0.29) is 18.2 Å². The summed E-state index contributed by atoms with van der Waals surface area (Å²) in [5.41, 5.74) is 1.85. The van der Waals surface area contributed by atoms with E-state index in [1.54, 1.807) is 55.5 Å². The van der Waals surface area contributed by atoms with Gasteiger partial charge in [-0.3, -0.25) is 9.59 Å². The molecule has 0 radical (unpaired) electrons. The maximum Gasteiger partial charge on any atom is 0.229 e. The summed E-state index contributed by atoms with van der Waals surface area (Å²) < 4.78 is 24.2. The molecule has 2 unspecified atom stereocenters. The van der Waals surface area contributed by atoms with E-state index in [1.165, 1.54) is 12.1 Å². The van der Waals surface area contributed by atoms with Crippen LogP contribution < -0.4 is 19.7 Å². The highest BCUT2D eigenvalue weighted by Crippen LogP contribution is 2.41. The van der Waals surface area contributed by atoms with Crippen LogP contribution in [-0.2, 0) is 9.59 Å². The molecular weight excluding hydrogens is 423 g/mol. The summed E-state index contributed by atoms with van der Waals surface area (Å²) in [6.45, 7) is 0. The number of rotatable bonds is 6. The van der Waals surface area contributed by atoms with Crippen LogP contribution in [0, 0.1) is 11.7 Å². The first-order chi connectivity index (χ1) is 16.0. The first kappa shape index (κ1) is 22.3. The topological polar surface area (TPSA) is 67.9 Å². The molecule has 2 amide bonds. The minimum atomic E-state index is -0.542. The Kier molecular flexibility index (Phi) is 6.58. The highest BCUT2D eigenvalue weighted by Gasteiger charge is 2.41. The zero-order chi connectivity index (χ0) is 23.4. The lowest BCUT2D eigenvalue weighted by Crippen LogP contribution is -2.46. The predicted octanol–water partition coefficient (Wildman–Crippen LogP) is 4.97. The fourth-order valence-corrected chi connectivity index (χ4v) is 4.20. The Balaban J connectivity index is 1.73. The number of nitrogens with zero attached hydrogens (tertiary/aromatic N) is 1. The van der Waals surface area contributed by atoms with Crippen LogP contribution in [0.1, 0.15) is 24.4 Å². The van der Waals surface area contributed by atoms with E-state index in [0.29, 0.717) is 29.3 Å². The molecule has 1 aliphatic heterocycles. The summed E-state index contributed by atoms with van der Waals surface area (Å²) in [7, 11) is 3.16. The molecule has 1 saturated heterocycles. The van der Waals surface area contributed by atoms with Crippen LogP contribution in [0.5, 0.6) is 11.5 Å². The zero-order valence-corrected chi connectivity index (χ0v) is 18.5. The Morgan fingerprint density at radius 2 is 1.61 bits per heavy atom. The molecule has 4 rings (SSSR count). The van der Waals surface area contributed by atoms with Gasteiger partial charge in [-0.05, 0) is 66.6 Å². The van der Waals surface area contributed by atoms with Gasteiger partial charge in [-0.25, -0.2) is 4.39 Å². The highest BCUT2D eigenvalue weighted by molar-refractivity contribution is 6.00. The third-order valence-electron chi connectivity index (χ3n) is 5.83. The molecule has 0 aromatic heterocycles. The van der Waals surface area contributed by atoms with Crippen molar-refractivity contribution in [2.45, 2.75) is 18.9 Å². The number of nitrogens with one attached hydrogen (secondary N) is 1. The maximum absolute atomic E-state index is 13.6. The van der Waals surface area contributed by atoms with Crippen LogP contribution in [0.2, 0.25) is 0 Å². The molecule has 0 saturated carbocycles. The molecule has 2 atom stereocenters. The number of benzene rings is 3. The fraction of sp³-hybridized carbons (Fsp3) is 0.231. The lowest BCUT2D eigenvalue weighted by Gasteiger charge is -2.41. The molecule has 1 fully saturated rings. The van der Waals surface area contributed by atoms with Crippen LogP contribution in [0.3, 0.4) is 0 Å². The fourth-order valence-electron chi connectivity index (χ4n) is 4.20. The number of methoxy groups -OCH3 is 2. The average Bonchev–Trinajstić information content (AvgIpc) is 2.84. The van der Waals surface area contributed by atoms with Gasteiger partial charge < -0.3 is 19.7 Å². The van der Waals surface area contributed by atoms with Crippen molar-refractivity contribution >= 4 is 23.2 Å². The summed E-state index contributed by atoms with van der Waals surface area (Å²) in [5, 5.41) is 2.82. The summed E-state index contributed by atoms with van der Waals surface area (Å²) in [6, 6.07) is 19.7. The van der Waals surface area contributed by atoms with Crippen LogP contribution >= 0.6 is 0 Å². The van der Waals surface area contributed by atoms with Crippen molar-refractivity contribution in [1.82, 2.24) is 0 Å². The van der Waals surface area contributed by atoms with E-state index in [1.807, 2.05) is 24.3 Å². The molecule has 3 aromatic carbocycles. The van der Waals surface area contributed by atoms with Crippen molar-refractivity contribution in [2.75, 3.05) is 24.4 Å². The molecule has 0 aliphatic carbocycles. The Morgan fingerprint density at radius 1 is 0.970 bits per heavy atom. The van der Waals surface area contributed by atoms with E-state index in [0.717, 1.165) is 5.56 Å². The number of ether oxygens (including phenoxy) is 2. The number of carbonyl (C=O) groups is 2. The van der Waals surface area contributed by atoms with Gasteiger partial charge in [0.05, 0.1) is 26.2 Å². The van der Waals surface area contributed by atoms with E-state index in [4.69, 9.17) is 9.47 Å². The van der Waals surface area contributed by atoms with Gasteiger partial charge in [-0.1, -0.05) is 18.2 Å². The van der Waals surface area contributed by atoms with Gasteiger partial charge in [0.1, 0.15) is 17.3 Å². The Labute approximate surface area is 191 Å². The number of hydrogen-bond donors (Lipinski definition) is 1. The van der Waals surface area contributed by atoms with Gasteiger partial charge in [0.2, 0.25) is 11.8 Å². The smallest absolute Gasteiger partial charge is 0.229 e. The third-order valence-corrected chi connectivity index (χ3v) is 5.83. The molecule has 3 aromatic rings. The number of halogens is 1. The van der Waals surface area contributed by atoms with Crippen molar-refractivity contribution in [1.29, 1.82) is 0 Å². The molecule has 1 heterocycles. The largest absolute Gasteiger partial charge is 0.497 e. The first-order valence-corrected chi connectivity index (χ1v) is 10.7. The molecule has 33 heavy (non-hydrogen) atoms. The molecular formula is C26H25FN2O4. The Bertz CT molecular complexity index is 1130. The number of amides is 2. The van der Waals surface area contributed by atoms with Crippen molar-refractivity contribution in [3.8, 4) is 11.5 Å². The molecule has 170 valence electrons. The second-order valence-corrected chi connectivity index (χ2v) is 7.82. The first-order valence-electron chi connectivity index (χ1n) is 10.7. The van der Waals surface area contributed by atoms with Crippen LogP contribution in [0.15, 0.2) is 72.8 Å². The van der Waals surface area contributed by atoms with Crippen LogP contribution in [-0.4, -0.2) is 26.0 Å². The SMILES string of the molecule is COc1ccc(C2C(C(=O)Nc3cccc(F)c3)CCC(=O)N2c2ccc(OC)cc2)cc1. The Morgan fingerprint density at radius 3 is 2.21 bits per heavy atom. The molecule has 1 aliphatic rings. The second kappa shape index (κ2) is 9.73. The minimum absolute atomic E-state index is 0.0733. The van der Waals surface area contributed by atoms with Gasteiger partial charge in [0.15, 0.2) is 0 Å². The summed E-state index contributed by atoms with van der Waals surface area (Å²) >= 11 is 0. The number of anilines is 2. The number of carbonyl (C=O) groups excluding carboxylic acids is 2. The van der Waals surface area contributed by atoms with E-state index < -0.39 is 17.8 Å². The van der Waals surface area contributed by atoms with Crippen LogP contribution in [0.25, 0.3) is 0 Å². The molecule has 6 nitrogen and oxygen atoms in total. The lowest BCUT2D eigenvalue weighted by molar-refractivity contribution is -0.125. The molecule has 1 N–H and O–H groups in total. The summed E-state index contributed by atoms with van der Waals surface area (Å²) in [5.74, 6) is 0.0325. The molecule has 0 spiro atoms. The molecule has 0 bridgehead atoms. The van der Waals surface area contributed by atoms with Crippen LogP contribution in [0.4, 0.5) is 15.8 Å². The van der Waals surface area contributed by atoms with Gasteiger partial charge in [0.25, 0.3) is 0 Å². The number of piperidine rings is 1. The highest BCUT2D eigenvalue weighted by atomic mass is 19.1. The van der Waals surface area contributed by atoms with Crippen molar-refractivity contribution < 1.29 is 23.5 Å². The van der Waals surface area contributed by atoms with Crippen molar-refractivity contribution in [3.05, 3.63) is 84.2 Å². The quantitative estimate of drug-likeness (QED) is 0.578. The van der Waals surface area contributed by atoms with Gasteiger partial charge in [-0.2, -0.15) is 0 Å². The molecule has 7 heteroatoms. The standard InChI is InChI=1S/C26H25FN2O4/c1-32-21-10-6-17(7-11-21)25-23(26(31)28-19-5-3-4-18(27)16-19)14-15-24(30)29(25)20-8-12-22(33-2)13-9-20/h3-13,16,23,25H,14-15H2,1-2H3,(H,28,31). The maximum atomic E-state index is 13.6. The minimum Gasteiger partial charge on any atom is -0.497 e. The van der Waals surface area contributed by atoms with E-state index in [2.05, 4.69) is 5.32 Å². The van der Waals surface area contributed by atoms with Gasteiger partial charge in [-0.15, -0.1) is 0 Å². The Hall–Kier alpha value is -3.87. The van der Waals surface area contributed by atoms with Crippen molar-refractivity contribution in [3.63, 3.8) is 0 Å². The average molecular weight is 448 g/mol. The van der Waals surface area contributed by atoms with Crippen molar-refractivity contribution in [2.24, 2.45) is 5.92 Å².